The maximum Gasteiger partial charge on any atom is 0.416 e. The third-order valence-corrected chi connectivity index (χ3v) is 6.29. The number of anilines is 2. The monoisotopic (exact) mass is 506 g/mol. The molecule has 1 aliphatic rings. The highest BCUT2D eigenvalue weighted by Gasteiger charge is 2.31. The molecule has 1 unspecified atom stereocenters. The Hall–Kier alpha value is -4.66. The zero-order chi connectivity index (χ0) is 26.2. The number of nitrogens with two attached hydrogens (primary N) is 1. The fourth-order valence-electron chi connectivity index (χ4n) is 4.50. The third-order valence-electron chi connectivity index (χ3n) is 6.29. The number of nitriles is 1. The van der Waals surface area contributed by atoms with Crippen LogP contribution in [-0.2, 0) is 6.18 Å². The Bertz CT molecular complexity index is 1510. The molecule has 12 heteroatoms. The number of carbonyl (C=O) groups excluding carboxylic acids is 1. The number of nitrogens with one attached hydrogen (secondary N) is 1. The van der Waals surface area contributed by atoms with Gasteiger partial charge in [0, 0.05) is 48.7 Å². The van der Waals surface area contributed by atoms with Gasteiger partial charge in [-0.15, -0.1) is 0 Å². The predicted octanol–water partition coefficient (Wildman–Crippen LogP) is 4.31. The number of nitrogens with zero attached hydrogens (tertiary/aromatic N) is 6. The number of hydrogen-bond acceptors (Lipinski definition) is 7. The average molecular weight is 506 g/mol. The lowest BCUT2D eigenvalue weighted by molar-refractivity contribution is -0.137. The van der Waals surface area contributed by atoms with E-state index in [2.05, 4.69) is 21.5 Å². The number of imidazole rings is 1. The molecule has 0 spiro atoms. The summed E-state index contributed by atoms with van der Waals surface area (Å²) in [5, 5.41) is 11.7. The van der Waals surface area contributed by atoms with E-state index < -0.39 is 17.6 Å². The second-order valence-corrected chi connectivity index (χ2v) is 8.69. The summed E-state index contributed by atoms with van der Waals surface area (Å²) in [6.45, 7) is 1.27. The molecule has 4 heterocycles. The number of alkyl halides is 3. The Morgan fingerprint density at radius 2 is 1.95 bits per heavy atom. The van der Waals surface area contributed by atoms with Gasteiger partial charge >= 0.3 is 6.18 Å². The Kier molecular flexibility index (Phi) is 6.12. The molecule has 0 radical (unpaired) electrons. The van der Waals surface area contributed by atoms with Crippen molar-refractivity contribution in [2.24, 2.45) is 0 Å². The van der Waals surface area contributed by atoms with Gasteiger partial charge in [0.25, 0.3) is 5.91 Å². The van der Waals surface area contributed by atoms with Crippen molar-refractivity contribution in [3.8, 4) is 17.5 Å². The molecule has 9 nitrogen and oxygen atoms in total. The quantitative estimate of drug-likeness (QED) is 0.395. The first kappa shape index (κ1) is 24.1. The third kappa shape index (κ3) is 4.75. The number of carbonyl (C=O) groups is 1. The van der Waals surface area contributed by atoms with Crippen LogP contribution in [0.25, 0.3) is 16.8 Å². The number of piperidine rings is 1. The van der Waals surface area contributed by atoms with Gasteiger partial charge < -0.3 is 16.0 Å². The number of rotatable bonds is 4. The second-order valence-electron chi connectivity index (χ2n) is 8.69. The molecule has 37 heavy (non-hydrogen) atoms. The summed E-state index contributed by atoms with van der Waals surface area (Å²) in [6.07, 6.45) is 3.78. The number of amides is 1. The summed E-state index contributed by atoms with van der Waals surface area (Å²) >= 11 is 0. The summed E-state index contributed by atoms with van der Waals surface area (Å²) in [5.74, 6) is 0.291. The first-order valence-electron chi connectivity index (χ1n) is 11.5. The van der Waals surface area contributed by atoms with Crippen LogP contribution in [0.1, 0.15) is 40.5 Å². The van der Waals surface area contributed by atoms with Crippen LogP contribution in [0, 0.1) is 11.5 Å². The molecule has 5 rings (SSSR count). The van der Waals surface area contributed by atoms with Gasteiger partial charge in [-0.25, -0.2) is 15.0 Å². The van der Waals surface area contributed by atoms with Gasteiger partial charge in [0.1, 0.15) is 28.7 Å². The second kappa shape index (κ2) is 9.42. The van der Waals surface area contributed by atoms with Gasteiger partial charge in [0.15, 0.2) is 6.19 Å². The van der Waals surface area contributed by atoms with Gasteiger partial charge in [-0.1, -0.05) is 12.1 Å². The van der Waals surface area contributed by atoms with Crippen LogP contribution in [0.3, 0.4) is 0 Å². The molecule has 4 aromatic rings. The number of pyridine rings is 1. The molecule has 1 aromatic carbocycles. The van der Waals surface area contributed by atoms with Crippen LogP contribution in [0.2, 0.25) is 0 Å². The lowest BCUT2D eigenvalue weighted by atomic mass is 9.98. The lowest BCUT2D eigenvalue weighted by Crippen LogP contribution is -2.31. The molecule has 1 amide bonds. The highest BCUT2D eigenvalue weighted by atomic mass is 19.4. The Morgan fingerprint density at radius 3 is 2.68 bits per heavy atom. The summed E-state index contributed by atoms with van der Waals surface area (Å²) in [6, 6.07) is 8.09. The summed E-state index contributed by atoms with van der Waals surface area (Å²) in [5.41, 5.74) is 7.43. The average Bonchev–Trinajstić information content (AvgIpc) is 3.29. The van der Waals surface area contributed by atoms with E-state index in [1.165, 1.54) is 0 Å². The molecule has 3 N–H and O–H groups in total. The van der Waals surface area contributed by atoms with Crippen LogP contribution in [0.5, 0.6) is 0 Å². The van der Waals surface area contributed by atoms with E-state index in [0.29, 0.717) is 35.7 Å². The van der Waals surface area contributed by atoms with Crippen LogP contribution in [-0.4, -0.2) is 43.2 Å². The topological polar surface area (TPSA) is 125 Å². The highest BCUT2D eigenvalue weighted by molar-refractivity contribution is 6.04. The standard InChI is InChI=1S/C25H21F3N8O/c26-25(27,28)18-7-8-31-19(12-18)33-24(37)16-5-3-15(4-6-16)20-21-22(30)32-9-11-36(21)23(34-20)17-2-1-10-35(13-17)14-29/h3-9,11-12,17H,1-2,10,13H2,(H2,30,32)(H,31,33,37). The van der Waals surface area contributed by atoms with E-state index >= 15 is 0 Å². The largest absolute Gasteiger partial charge is 0.416 e. The molecule has 3 aromatic heterocycles. The minimum atomic E-state index is -4.54. The van der Waals surface area contributed by atoms with E-state index in [9.17, 15) is 23.2 Å². The Labute approximate surface area is 209 Å². The smallest absolute Gasteiger partial charge is 0.382 e. The van der Waals surface area contributed by atoms with Crippen LogP contribution >= 0.6 is 0 Å². The number of fused-ring (bicyclic) bond motifs is 1. The number of hydrogen-bond donors (Lipinski definition) is 2. The van der Waals surface area contributed by atoms with Crippen molar-refractivity contribution in [3.63, 3.8) is 0 Å². The SMILES string of the molecule is N#CN1CCCC(c2nc(-c3ccc(C(=O)Nc4cc(C(F)(F)F)ccn4)cc3)c3c(N)nccn23)C1. The minimum absolute atomic E-state index is 0.0291. The molecule has 0 saturated carbocycles. The van der Waals surface area contributed by atoms with E-state index in [0.717, 1.165) is 37.0 Å². The first-order chi connectivity index (χ1) is 17.7. The summed E-state index contributed by atoms with van der Waals surface area (Å²) in [7, 11) is 0. The number of halogens is 3. The van der Waals surface area contributed by atoms with Crippen molar-refractivity contribution in [1.29, 1.82) is 5.26 Å². The van der Waals surface area contributed by atoms with E-state index in [1.54, 1.807) is 41.6 Å². The Morgan fingerprint density at radius 1 is 1.16 bits per heavy atom. The van der Waals surface area contributed by atoms with Crippen molar-refractivity contribution >= 4 is 23.1 Å². The highest BCUT2D eigenvalue weighted by Crippen LogP contribution is 2.34. The zero-order valence-electron chi connectivity index (χ0n) is 19.4. The molecule has 0 bridgehead atoms. The van der Waals surface area contributed by atoms with Crippen molar-refractivity contribution in [2.45, 2.75) is 24.9 Å². The van der Waals surface area contributed by atoms with Gasteiger partial charge in [0.05, 0.1) is 5.56 Å². The Balaban J connectivity index is 1.43. The van der Waals surface area contributed by atoms with E-state index in [1.807, 2.05) is 4.40 Å². The fraction of sp³-hybridized carbons (Fsp3) is 0.240. The summed E-state index contributed by atoms with van der Waals surface area (Å²) < 4.78 is 40.8. The molecule has 0 aliphatic carbocycles. The van der Waals surface area contributed by atoms with E-state index in [4.69, 9.17) is 10.7 Å². The van der Waals surface area contributed by atoms with Crippen LogP contribution < -0.4 is 11.1 Å². The van der Waals surface area contributed by atoms with Crippen LogP contribution in [0.15, 0.2) is 55.0 Å². The predicted molar refractivity (Wildman–Crippen MR) is 129 cm³/mol. The molecule has 188 valence electrons. The number of nitrogen functional groups attached to an aromatic ring is 1. The van der Waals surface area contributed by atoms with Gasteiger partial charge in [-0.3, -0.25) is 9.20 Å². The van der Waals surface area contributed by atoms with E-state index in [-0.39, 0.29) is 17.3 Å². The van der Waals surface area contributed by atoms with Crippen molar-refractivity contribution in [1.82, 2.24) is 24.3 Å². The van der Waals surface area contributed by atoms with Gasteiger partial charge in [0.2, 0.25) is 0 Å². The molecule has 1 atom stereocenters. The molecule has 1 aliphatic heterocycles. The fourth-order valence-corrected chi connectivity index (χ4v) is 4.50. The van der Waals surface area contributed by atoms with Crippen molar-refractivity contribution < 1.29 is 18.0 Å². The number of benzene rings is 1. The molecular formula is C25H21F3N8O. The van der Waals surface area contributed by atoms with Crippen LogP contribution in [0.4, 0.5) is 24.8 Å². The first-order valence-corrected chi connectivity index (χ1v) is 11.5. The van der Waals surface area contributed by atoms with Gasteiger partial charge in [-0.2, -0.15) is 18.4 Å². The number of aromatic nitrogens is 4. The van der Waals surface area contributed by atoms with Gasteiger partial charge in [-0.05, 0) is 37.1 Å². The maximum atomic E-state index is 13.0. The normalized spacial score (nSPS) is 15.9. The minimum Gasteiger partial charge on any atom is -0.382 e. The van der Waals surface area contributed by atoms with Crippen molar-refractivity contribution in [3.05, 3.63) is 71.9 Å². The number of likely N-dealkylation sites (tertiary alicyclic amines) is 1. The molecule has 1 fully saturated rings. The maximum absolute atomic E-state index is 13.0. The zero-order valence-corrected chi connectivity index (χ0v) is 19.4. The molecule has 1 saturated heterocycles. The summed E-state index contributed by atoms with van der Waals surface area (Å²) in [4.78, 5) is 27.2. The lowest BCUT2D eigenvalue weighted by Gasteiger charge is -2.27. The molecular weight excluding hydrogens is 485 g/mol. The van der Waals surface area contributed by atoms with Crippen molar-refractivity contribution in [2.75, 3.05) is 24.1 Å².